The summed E-state index contributed by atoms with van der Waals surface area (Å²) >= 11 is 0. The van der Waals surface area contributed by atoms with Crippen molar-refractivity contribution in [3.63, 3.8) is 0 Å². The molecule has 0 aromatic carbocycles. The van der Waals surface area contributed by atoms with Crippen molar-refractivity contribution < 1.29 is 0 Å². The van der Waals surface area contributed by atoms with E-state index in [1.54, 1.807) is 0 Å². The molecular weight excluding hydrogens is 566 g/mol. The molecule has 0 radical (unpaired) electrons. The van der Waals surface area contributed by atoms with Crippen molar-refractivity contribution in [3.05, 3.63) is 126 Å². The van der Waals surface area contributed by atoms with Crippen molar-refractivity contribution in [2.75, 3.05) is 0 Å². The van der Waals surface area contributed by atoms with Crippen LogP contribution in [0, 0.1) is 0 Å². The third kappa shape index (κ3) is 5.02. The maximum atomic E-state index is 5.29. The van der Waals surface area contributed by atoms with Crippen molar-refractivity contribution in [1.29, 1.82) is 0 Å². The number of rotatable bonds is 6. The van der Waals surface area contributed by atoms with Crippen molar-refractivity contribution in [1.82, 2.24) is 34.9 Å². The SMILES string of the molecule is CCCCc1c2nc(c(-c3ccncc3)c3ccc([nH]3)c(-c3ccncc3)c3nc(c(-c4ccncc4)c4ccc1[nH]4)C=C3)C=C2. The van der Waals surface area contributed by atoms with Gasteiger partial charge in [-0.1, -0.05) is 13.3 Å². The number of nitrogens with one attached hydrogen (secondary N) is 2. The summed E-state index contributed by atoms with van der Waals surface area (Å²) in [6.45, 7) is 2.23. The van der Waals surface area contributed by atoms with Gasteiger partial charge in [-0.25, -0.2) is 9.97 Å². The molecule has 0 saturated heterocycles. The zero-order chi connectivity index (χ0) is 30.9. The molecular formula is C39H31N7. The van der Waals surface area contributed by atoms with E-state index in [9.17, 15) is 0 Å². The molecule has 8 rings (SSSR count). The van der Waals surface area contributed by atoms with E-state index < -0.39 is 0 Å². The summed E-state index contributed by atoms with van der Waals surface area (Å²) in [7, 11) is 0. The number of H-pyrrole nitrogens is 2. The molecule has 0 amide bonds. The van der Waals surface area contributed by atoms with Gasteiger partial charge in [0, 0.05) is 81.5 Å². The summed E-state index contributed by atoms with van der Waals surface area (Å²) in [4.78, 5) is 31.0. The van der Waals surface area contributed by atoms with E-state index in [1.165, 1.54) is 5.56 Å². The summed E-state index contributed by atoms with van der Waals surface area (Å²) in [5, 5.41) is 0. The Bertz CT molecular complexity index is 2240. The number of hydrogen-bond acceptors (Lipinski definition) is 5. The Hall–Kier alpha value is -5.95. The third-order valence-corrected chi connectivity index (χ3v) is 8.55. The van der Waals surface area contributed by atoms with Gasteiger partial charge in [-0.15, -0.1) is 0 Å². The van der Waals surface area contributed by atoms with Crippen LogP contribution in [0.2, 0.25) is 0 Å². The van der Waals surface area contributed by atoms with Gasteiger partial charge in [0.25, 0.3) is 0 Å². The molecule has 7 nitrogen and oxygen atoms in total. The standard InChI is InChI=1S/C39H31N7/c1-2-3-4-28-29-5-7-31(43-29)37(25-13-19-40-20-14-25)33-9-11-35(45-33)39(27-17-23-42-24-18-27)36-12-10-34(46-36)38(26-15-21-41-22-16-26)32-8-6-30(28)44-32/h5-24,43,46H,2-4H2,1H3. The minimum Gasteiger partial charge on any atom is -0.355 e. The van der Waals surface area contributed by atoms with Crippen LogP contribution in [0.5, 0.6) is 0 Å². The predicted octanol–water partition coefficient (Wildman–Crippen LogP) is 9.18. The lowest BCUT2D eigenvalue weighted by Crippen LogP contribution is -1.92. The van der Waals surface area contributed by atoms with E-state index in [0.29, 0.717) is 0 Å². The molecule has 0 aliphatic carbocycles. The highest BCUT2D eigenvalue weighted by Crippen LogP contribution is 2.36. The predicted molar refractivity (Wildman–Crippen MR) is 187 cm³/mol. The molecule has 0 fully saturated rings. The van der Waals surface area contributed by atoms with Crippen LogP contribution in [-0.4, -0.2) is 34.9 Å². The van der Waals surface area contributed by atoms with Crippen LogP contribution in [-0.2, 0) is 6.42 Å². The van der Waals surface area contributed by atoms with E-state index in [-0.39, 0.29) is 0 Å². The first-order chi connectivity index (χ1) is 22.8. The fraction of sp³-hybridized carbons (Fsp3) is 0.103. The first-order valence-electron chi connectivity index (χ1n) is 15.6. The molecule has 222 valence electrons. The maximum Gasteiger partial charge on any atom is 0.0737 e. The number of aromatic nitrogens is 7. The monoisotopic (exact) mass is 597 g/mol. The Morgan fingerprint density at radius 2 is 0.826 bits per heavy atom. The van der Waals surface area contributed by atoms with E-state index in [0.717, 1.165) is 97.5 Å². The van der Waals surface area contributed by atoms with Crippen molar-refractivity contribution in [2.45, 2.75) is 26.2 Å². The molecule has 2 aliphatic rings. The largest absolute Gasteiger partial charge is 0.355 e. The number of aromatic amines is 2. The molecule has 0 spiro atoms. The van der Waals surface area contributed by atoms with Crippen LogP contribution in [0.15, 0.2) is 97.8 Å². The maximum absolute atomic E-state index is 5.29. The van der Waals surface area contributed by atoms with Crippen LogP contribution in [0.1, 0.15) is 48.1 Å². The zero-order valence-electron chi connectivity index (χ0n) is 25.4. The molecule has 7 heteroatoms. The van der Waals surface area contributed by atoms with Gasteiger partial charge in [-0.3, -0.25) is 15.0 Å². The van der Waals surface area contributed by atoms with Gasteiger partial charge in [-0.05, 0) is 114 Å². The van der Waals surface area contributed by atoms with E-state index in [1.807, 2.05) is 73.6 Å². The van der Waals surface area contributed by atoms with Gasteiger partial charge in [0.05, 0.1) is 22.8 Å². The van der Waals surface area contributed by atoms with Gasteiger partial charge in [0.2, 0.25) is 0 Å². The average Bonchev–Trinajstić information content (AvgIpc) is 3.93. The minimum atomic E-state index is 0.870. The van der Waals surface area contributed by atoms with Crippen molar-refractivity contribution >= 4 is 46.4 Å². The van der Waals surface area contributed by atoms with E-state index in [4.69, 9.17) is 9.97 Å². The van der Waals surface area contributed by atoms with Crippen LogP contribution in [0.25, 0.3) is 79.8 Å². The number of fused-ring (bicyclic) bond motifs is 8. The summed E-state index contributed by atoms with van der Waals surface area (Å²) in [5.74, 6) is 0. The Morgan fingerprint density at radius 1 is 0.457 bits per heavy atom. The summed E-state index contributed by atoms with van der Waals surface area (Å²) < 4.78 is 0. The first-order valence-corrected chi connectivity index (χ1v) is 15.6. The van der Waals surface area contributed by atoms with Crippen LogP contribution < -0.4 is 0 Å². The zero-order valence-corrected chi connectivity index (χ0v) is 25.4. The lowest BCUT2D eigenvalue weighted by Gasteiger charge is -2.06. The molecule has 0 atom stereocenters. The van der Waals surface area contributed by atoms with Crippen molar-refractivity contribution in [3.8, 4) is 33.4 Å². The molecule has 8 bridgehead atoms. The van der Waals surface area contributed by atoms with Gasteiger partial charge in [0.15, 0.2) is 0 Å². The fourth-order valence-electron chi connectivity index (χ4n) is 6.35. The Labute approximate surface area is 266 Å². The molecule has 6 aromatic heterocycles. The second-order valence-corrected chi connectivity index (χ2v) is 11.4. The lowest BCUT2D eigenvalue weighted by atomic mass is 10.1. The summed E-state index contributed by atoms with van der Waals surface area (Å²) in [6, 6.07) is 20.8. The van der Waals surface area contributed by atoms with Gasteiger partial charge in [0.1, 0.15) is 0 Å². The summed E-state index contributed by atoms with van der Waals surface area (Å²) in [5.41, 5.74) is 15.0. The van der Waals surface area contributed by atoms with Crippen LogP contribution in [0.4, 0.5) is 0 Å². The van der Waals surface area contributed by atoms with Gasteiger partial charge >= 0.3 is 0 Å². The molecule has 2 N–H and O–H groups in total. The number of unbranched alkanes of at least 4 members (excludes halogenated alkanes) is 1. The topological polar surface area (TPSA) is 96.0 Å². The number of hydrogen-bond donors (Lipinski definition) is 2. The second kappa shape index (κ2) is 11.9. The highest BCUT2D eigenvalue weighted by Gasteiger charge is 2.18. The molecule has 2 aliphatic heterocycles. The number of pyridine rings is 3. The average molecular weight is 598 g/mol. The summed E-state index contributed by atoms with van der Waals surface area (Å²) in [6.07, 6.45) is 22.5. The lowest BCUT2D eigenvalue weighted by molar-refractivity contribution is 0.795. The quantitative estimate of drug-likeness (QED) is 0.199. The molecule has 6 aromatic rings. The molecule has 0 saturated carbocycles. The normalized spacial score (nSPS) is 12.1. The second-order valence-electron chi connectivity index (χ2n) is 11.4. The van der Waals surface area contributed by atoms with Gasteiger partial charge in [-0.2, -0.15) is 0 Å². The smallest absolute Gasteiger partial charge is 0.0737 e. The fourth-order valence-corrected chi connectivity index (χ4v) is 6.35. The molecule has 0 unspecified atom stereocenters. The van der Waals surface area contributed by atoms with Gasteiger partial charge < -0.3 is 9.97 Å². The van der Waals surface area contributed by atoms with Crippen LogP contribution >= 0.6 is 0 Å². The Morgan fingerprint density at radius 3 is 1.26 bits per heavy atom. The number of nitrogens with zero attached hydrogens (tertiary/aromatic N) is 5. The minimum absolute atomic E-state index is 0.870. The van der Waals surface area contributed by atoms with Crippen molar-refractivity contribution in [2.24, 2.45) is 0 Å². The Balaban J connectivity index is 1.55. The van der Waals surface area contributed by atoms with E-state index >= 15 is 0 Å². The highest BCUT2D eigenvalue weighted by atomic mass is 14.8. The Kier molecular flexibility index (Phi) is 7.11. The molecule has 46 heavy (non-hydrogen) atoms. The van der Waals surface area contributed by atoms with E-state index in [2.05, 4.69) is 80.4 Å². The highest BCUT2D eigenvalue weighted by molar-refractivity contribution is 5.97. The first kappa shape index (κ1) is 27.6. The number of aryl methyl sites for hydroxylation is 1. The molecule has 8 heterocycles. The third-order valence-electron chi connectivity index (χ3n) is 8.55. The van der Waals surface area contributed by atoms with Crippen LogP contribution in [0.3, 0.4) is 0 Å².